The zero-order valence-corrected chi connectivity index (χ0v) is 14.7. The fourth-order valence-electron chi connectivity index (χ4n) is 2.80. The minimum Gasteiger partial charge on any atom is -0.368 e. The average Bonchev–Trinajstić information content (AvgIpc) is 2.47. The maximum Gasteiger partial charge on any atom is 0.0574 e. The molecule has 0 amide bonds. The Kier molecular flexibility index (Phi) is 5.94. The van der Waals surface area contributed by atoms with Crippen LogP contribution in [0.3, 0.4) is 0 Å². The highest BCUT2D eigenvalue weighted by Crippen LogP contribution is 2.32. The van der Waals surface area contributed by atoms with Gasteiger partial charge in [0.05, 0.1) is 17.6 Å². The second kappa shape index (κ2) is 7.50. The SMILES string of the molecule is CCCNC(CC)c1ccc(N2CCSC(C)(C)C2)cn1. The molecule has 2 rings (SSSR count). The van der Waals surface area contributed by atoms with E-state index in [0.29, 0.717) is 10.8 Å². The van der Waals surface area contributed by atoms with E-state index >= 15 is 0 Å². The molecule has 0 bridgehead atoms. The minimum absolute atomic E-state index is 0.339. The van der Waals surface area contributed by atoms with Crippen LogP contribution in [0.5, 0.6) is 0 Å². The lowest BCUT2D eigenvalue weighted by Crippen LogP contribution is -2.43. The number of thioether (sulfide) groups is 1. The van der Waals surface area contributed by atoms with Crippen LogP contribution in [0.25, 0.3) is 0 Å². The van der Waals surface area contributed by atoms with Gasteiger partial charge < -0.3 is 10.2 Å². The standard InChI is InChI=1S/C17H29N3S/c1-5-9-18-15(6-2)16-8-7-14(12-19-16)20-10-11-21-17(3,4)13-20/h7-8,12,15,18H,5-6,9-11,13H2,1-4H3. The Morgan fingerprint density at radius 3 is 2.76 bits per heavy atom. The fraction of sp³-hybridized carbons (Fsp3) is 0.706. The van der Waals surface area contributed by atoms with Crippen molar-refractivity contribution in [2.75, 3.05) is 30.3 Å². The molecule has 4 heteroatoms. The molecule has 1 aromatic rings. The molecule has 21 heavy (non-hydrogen) atoms. The van der Waals surface area contributed by atoms with Gasteiger partial charge in [0, 0.05) is 29.6 Å². The molecule has 0 aliphatic carbocycles. The average molecular weight is 308 g/mol. The molecule has 0 aromatic carbocycles. The van der Waals surface area contributed by atoms with Crippen molar-refractivity contribution in [2.24, 2.45) is 0 Å². The highest BCUT2D eigenvalue weighted by molar-refractivity contribution is 8.00. The van der Waals surface area contributed by atoms with Gasteiger partial charge >= 0.3 is 0 Å². The quantitative estimate of drug-likeness (QED) is 0.863. The van der Waals surface area contributed by atoms with Crippen LogP contribution >= 0.6 is 11.8 Å². The fourth-order valence-corrected chi connectivity index (χ4v) is 3.92. The summed E-state index contributed by atoms with van der Waals surface area (Å²) >= 11 is 2.07. The molecule has 1 aromatic heterocycles. The van der Waals surface area contributed by atoms with Gasteiger partial charge in [0.1, 0.15) is 0 Å². The Balaban J connectivity index is 2.04. The highest BCUT2D eigenvalue weighted by atomic mass is 32.2. The van der Waals surface area contributed by atoms with Gasteiger partial charge in [0.15, 0.2) is 0 Å². The lowest BCUT2D eigenvalue weighted by atomic mass is 10.1. The third kappa shape index (κ3) is 4.62. The van der Waals surface area contributed by atoms with Crippen molar-refractivity contribution in [3.05, 3.63) is 24.0 Å². The Labute approximate surface area is 133 Å². The molecule has 1 N–H and O–H groups in total. The van der Waals surface area contributed by atoms with Crippen LogP contribution in [-0.2, 0) is 0 Å². The number of nitrogens with one attached hydrogen (secondary N) is 1. The summed E-state index contributed by atoms with van der Waals surface area (Å²) in [6.07, 6.45) is 4.30. The minimum atomic E-state index is 0.339. The molecule has 0 radical (unpaired) electrons. The number of aromatic nitrogens is 1. The summed E-state index contributed by atoms with van der Waals surface area (Å²) in [6, 6.07) is 4.82. The Morgan fingerprint density at radius 1 is 1.38 bits per heavy atom. The molecule has 0 spiro atoms. The summed E-state index contributed by atoms with van der Waals surface area (Å²) < 4.78 is 0.339. The highest BCUT2D eigenvalue weighted by Gasteiger charge is 2.27. The molecule has 3 nitrogen and oxygen atoms in total. The Morgan fingerprint density at radius 2 is 2.19 bits per heavy atom. The smallest absolute Gasteiger partial charge is 0.0574 e. The lowest BCUT2D eigenvalue weighted by molar-refractivity contribution is 0.507. The van der Waals surface area contributed by atoms with E-state index in [-0.39, 0.29) is 0 Å². The zero-order chi connectivity index (χ0) is 15.3. The van der Waals surface area contributed by atoms with Crippen LogP contribution in [0.2, 0.25) is 0 Å². The van der Waals surface area contributed by atoms with E-state index < -0.39 is 0 Å². The van der Waals surface area contributed by atoms with Crippen molar-refractivity contribution < 1.29 is 0 Å². The van der Waals surface area contributed by atoms with Crippen LogP contribution in [0.4, 0.5) is 5.69 Å². The number of nitrogens with zero attached hydrogens (tertiary/aromatic N) is 2. The first-order chi connectivity index (χ1) is 10.1. The number of hydrogen-bond acceptors (Lipinski definition) is 4. The zero-order valence-electron chi connectivity index (χ0n) is 13.9. The van der Waals surface area contributed by atoms with Gasteiger partial charge in [0.25, 0.3) is 0 Å². The van der Waals surface area contributed by atoms with E-state index in [9.17, 15) is 0 Å². The van der Waals surface area contributed by atoms with Crippen molar-refractivity contribution in [3.8, 4) is 0 Å². The number of hydrogen-bond donors (Lipinski definition) is 1. The normalized spacial score (nSPS) is 19.5. The molecular weight excluding hydrogens is 278 g/mol. The molecule has 118 valence electrons. The predicted molar refractivity (Wildman–Crippen MR) is 94.3 cm³/mol. The number of rotatable bonds is 6. The first-order valence-electron chi connectivity index (χ1n) is 8.14. The van der Waals surface area contributed by atoms with Crippen LogP contribution in [-0.4, -0.2) is 35.1 Å². The van der Waals surface area contributed by atoms with Crippen molar-refractivity contribution in [2.45, 2.75) is 51.3 Å². The summed E-state index contributed by atoms with van der Waals surface area (Å²) in [4.78, 5) is 7.18. The Hall–Kier alpha value is -0.740. The van der Waals surface area contributed by atoms with E-state index in [0.717, 1.165) is 32.5 Å². The van der Waals surface area contributed by atoms with Crippen LogP contribution in [0, 0.1) is 0 Å². The van der Waals surface area contributed by atoms with Crippen molar-refractivity contribution >= 4 is 17.4 Å². The van der Waals surface area contributed by atoms with E-state index in [2.05, 4.69) is 68.0 Å². The molecule has 1 atom stereocenters. The van der Waals surface area contributed by atoms with E-state index in [4.69, 9.17) is 4.98 Å². The molecule has 1 fully saturated rings. The first-order valence-corrected chi connectivity index (χ1v) is 9.12. The molecule has 2 heterocycles. The van der Waals surface area contributed by atoms with E-state index in [1.165, 1.54) is 17.1 Å². The number of anilines is 1. The third-order valence-corrected chi connectivity index (χ3v) is 5.26. The summed E-state index contributed by atoms with van der Waals surface area (Å²) in [5.74, 6) is 1.20. The Bertz CT molecular complexity index is 430. The van der Waals surface area contributed by atoms with Gasteiger partial charge in [0.2, 0.25) is 0 Å². The first kappa shape index (κ1) is 16.6. The second-order valence-corrected chi connectivity index (χ2v) is 8.19. The summed E-state index contributed by atoms with van der Waals surface area (Å²) in [5, 5.41) is 3.57. The molecule has 0 saturated carbocycles. The molecule has 1 unspecified atom stereocenters. The van der Waals surface area contributed by atoms with Crippen molar-refractivity contribution in [1.29, 1.82) is 0 Å². The van der Waals surface area contributed by atoms with Crippen LogP contribution < -0.4 is 10.2 Å². The third-order valence-electron chi connectivity index (χ3n) is 3.97. The maximum absolute atomic E-state index is 4.71. The molecule has 1 aliphatic heterocycles. The molecular formula is C17H29N3S. The van der Waals surface area contributed by atoms with Crippen molar-refractivity contribution in [1.82, 2.24) is 10.3 Å². The molecule has 1 aliphatic rings. The van der Waals surface area contributed by atoms with Crippen LogP contribution in [0.15, 0.2) is 18.3 Å². The maximum atomic E-state index is 4.71. The summed E-state index contributed by atoms with van der Waals surface area (Å²) in [6.45, 7) is 12.4. The monoisotopic (exact) mass is 307 g/mol. The van der Waals surface area contributed by atoms with Gasteiger partial charge in [-0.15, -0.1) is 0 Å². The van der Waals surface area contributed by atoms with Gasteiger partial charge in [-0.2, -0.15) is 11.8 Å². The van der Waals surface area contributed by atoms with E-state index in [1.54, 1.807) is 0 Å². The van der Waals surface area contributed by atoms with Gasteiger partial charge in [-0.25, -0.2) is 0 Å². The molecule has 1 saturated heterocycles. The van der Waals surface area contributed by atoms with Crippen molar-refractivity contribution in [3.63, 3.8) is 0 Å². The topological polar surface area (TPSA) is 28.2 Å². The second-order valence-electron chi connectivity index (χ2n) is 6.39. The van der Waals surface area contributed by atoms with Crippen LogP contribution in [0.1, 0.15) is 52.3 Å². The van der Waals surface area contributed by atoms with Gasteiger partial charge in [-0.05, 0) is 45.4 Å². The summed E-state index contributed by atoms with van der Waals surface area (Å²) in [5.41, 5.74) is 2.43. The van der Waals surface area contributed by atoms with E-state index in [1.807, 2.05) is 0 Å². The number of pyridine rings is 1. The van der Waals surface area contributed by atoms with Gasteiger partial charge in [-0.1, -0.05) is 13.8 Å². The largest absolute Gasteiger partial charge is 0.368 e. The van der Waals surface area contributed by atoms with Gasteiger partial charge in [-0.3, -0.25) is 4.98 Å². The lowest BCUT2D eigenvalue weighted by Gasteiger charge is -2.38. The predicted octanol–water partition coefficient (Wildman–Crippen LogP) is 3.86. The summed E-state index contributed by atoms with van der Waals surface area (Å²) in [7, 11) is 0.